The zero-order valence-electron chi connectivity index (χ0n) is 9.16. The lowest BCUT2D eigenvalue weighted by Gasteiger charge is -2.22. The summed E-state index contributed by atoms with van der Waals surface area (Å²) in [7, 11) is 1.65. The minimum atomic E-state index is -0.691. The summed E-state index contributed by atoms with van der Waals surface area (Å²) >= 11 is 3.38. The van der Waals surface area contributed by atoms with Crippen molar-refractivity contribution in [3.05, 3.63) is 34.3 Å². The number of rotatable bonds is 5. The third-order valence-electron chi connectivity index (χ3n) is 2.34. The molecule has 3 heteroatoms. The van der Waals surface area contributed by atoms with E-state index in [1.807, 2.05) is 31.2 Å². The second-order valence-electron chi connectivity index (χ2n) is 4.04. The lowest BCUT2D eigenvalue weighted by molar-refractivity contribution is 0.0249. The highest BCUT2D eigenvalue weighted by atomic mass is 79.9. The van der Waals surface area contributed by atoms with Gasteiger partial charge in [-0.15, -0.1) is 0 Å². The Hall–Kier alpha value is -0.380. The molecule has 2 nitrogen and oxygen atoms in total. The van der Waals surface area contributed by atoms with Gasteiger partial charge in [-0.05, 0) is 31.0 Å². The van der Waals surface area contributed by atoms with Crippen LogP contribution in [0.3, 0.4) is 0 Å². The Kier molecular flexibility index (Phi) is 4.77. The van der Waals surface area contributed by atoms with Gasteiger partial charge in [0.15, 0.2) is 0 Å². The minimum Gasteiger partial charge on any atom is -0.390 e. The van der Waals surface area contributed by atoms with Gasteiger partial charge >= 0.3 is 0 Å². The van der Waals surface area contributed by atoms with Gasteiger partial charge in [-0.2, -0.15) is 0 Å². The highest BCUT2D eigenvalue weighted by molar-refractivity contribution is 9.10. The molecular formula is C12H17BrO2. The number of methoxy groups -OCH3 is 1. The van der Waals surface area contributed by atoms with Crippen LogP contribution in [0.15, 0.2) is 28.7 Å². The third-order valence-corrected chi connectivity index (χ3v) is 2.87. The zero-order chi connectivity index (χ0) is 11.3. The predicted molar refractivity (Wildman–Crippen MR) is 65.0 cm³/mol. The van der Waals surface area contributed by atoms with Gasteiger partial charge in [-0.25, -0.2) is 0 Å². The number of benzene rings is 1. The first-order chi connectivity index (χ1) is 7.03. The summed E-state index contributed by atoms with van der Waals surface area (Å²) in [6.07, 6.45) is 1.31. The molecule has 15 heavy (non-hydrogen) atoms. The Morgan fingerprint density at radius 2 is 1.93 bits per heavy atom. The Balaban J connectivity index is 2.56. The van der Waals surface area contributed by atoms with Crippen LogP contribution in [0.1, 0.15) is 18.9 Å². The standard InChI is InChI=1S/C12H17BrO2/c1-12(14,7-8-15-2)9-10-3-5-11(13)6-4-10/h3-6,14H,7-9H2,1-2H3. The maximum atomic E-state index is 10.1. The van der Waals surface area contributed by atoms with E-state index in [2.05, 4.69) is 15.9 Å². The molecular weight excluding hydrogens is 256 g/mol. The summed E-state index contributed by atoms with van der Waals surface area (Å²) in [5, 5.41) is 10.1. The van der Waals surface area contributed by atoms with E-state index < -0.39 is 5.60 Å². The number of aliphatic hydroxyl groups is 1. The molecule has 0 saturated heterocycles. The first kappa shape index (κ1) is 12.7. The molecule has 0 saturated carbocycles. The number of hydrogen-bond acceptors (Lipinski definition) is 2. The van der Waals surface area contributed by atoms with Gasteiger partial charge in [-0.3, -0.25) is 0 Å². The van der Waals surface area contributed by atoms with Gasteiger partial charge in [-0.1, -0.05) is 28.1 Å². The third kappa shape index (κ3) is 4.78. The molecule has 0 spiro atoms. The molecule has 0 amide bonds. The summed E-state index contributed by atoms with van der Waals surface area (Å²) in [6, 6.07) is 8.01. The van der Waals surface area contributed by atoms with Crippen molar-refractivity contribution in [2.45, 2.75) is 25.4 Å². The fourth-order valence-corrected chi connectivity index (χ4v) is 1.72. The normalized spacial score (nSPS) is 14.9. The van der Waals surface area contributed by atoms with Crippen LogP contribution in [-0.4, -0.2) is 24.4 Å². The van der Waals surface area contributed by atoms with Crippen molar-refractivity contribution in [2.75, 3.05) is 13.7 Å². The number of hydrogen-bond donors (Lipinski definition) is 1. The van der Waals surface area contributed by atoms with Crippen LogP contribution >= 0.6 is 15.9 Å². The van der Waals surface area contributed by atoms with Crippen molar-refractivity contribution in [1.82, 2.24) is 0 Å². The van der Waals surface area contributed by atoms with E-state index in [9.17, 15) is 5.11 Å². The molecule has 0 heterocycles. The molecule has 1 N–H and O–H groups in total. The molecule has 84 valence electrons. The summed E-state index contributed by atoms with van der Waals surface area (Å²) < 4.78 is 6.03. The average Bonchev–Trinajstić information content (AvgIpc) is 2.18. The number of halogens is 1. The highest BCUT2D eigenvalue weighted by Gasteiger charge is 2.20. The van der Waals surface area contributed by atoms with Crippen LogP contribution in [0.4, 0.5) is 0 Å². The van der Waals surface area contributed by atoms with Crippen molar-refractivity contribution in [1.29, 1.82) is 0 Å². The zero-order valence-corrected chi connectivity index (χ0v) is 10.8. The van der Waals surface area contributed by atoms with Gasteiger partial charge in [0.2, 0.25) is 0 Å². The van der Waals surface area contributed by atoms with Gasteiger partial charge in [0.05, 0.1) is 5.60 Å². The highest BCUT2D eigenvalue weighted by Crippen LogP contribution is 2.18. The van der Waals surface area contributed by atoms with E-state index in [1.165, 1.54) is 0 Å². The summed E-state index contributed by atoms with van der Waals surface area (Å²) in [5.74, 6) is 0. The molecule has 0 radical (unpaired) electrons. The second-order valence-corrected chi connectivity index (χ2v) is 4.96. The van der Waals surface area contributed by atoms with Gasteiger partial charge in [0, 0.05) is 24.6 Å². The van der Waals surface area contributed by atoms with E-state index in [4.69, 9.17) is 4.74 Å². The Bertz CT molecular complexity index is 293. The molecule has 1 rings (SSSR count). The van der Waals surface area contributed by atoms with Crippen LogP contribution in [0.5, 0.6) is 0 Å². The summed E-state index contributed by atoms with van der Waals surface area (Å²) in [4.78, 5) is 0. The quantitative estimate of drug-likeness (QED) is 0.893. The van der Waals surface area contributed by atoms with E-state index in [0.29, 0.717) is 19.4 Å². The van der Waals surface area contributed by atoms with Crippen molar-refractivity contribution in [3.8, 4) is 0 Å². The Morgan fingerprint density at radius 1 is 1.33 bits per heavy atom. The Labute approximate surface area is 99.4 Å². The fraction of sp³-hybridized carbons (Fsp3) is 0.500. The molecule has 0 fully saturated rings. The fourth-order valence-electron chi connectivity index (χ4n) is 1.45. The van der Waals surface area contributed by atoms with Crippen LogP contribution in [0, 0.1) is 0 Å². The molecule has 0 aromatic heterocycles. The molecule has 1 aromatic carbocycles. The van der Waals surface area contributed by atoms with E-state index in [0.717, 1.165) is 10.0 Å². The molecule has 0 bridgehead atoms. The van der Waals surface area contributed by atoms with E-state index in [-0.39, 0.29) is 0 Å². The van der Waals surface area contributed by atoms with Crippen LogP contribution in [0.25, 0.3) is 0 Å². The van der Waals surface area contributed by atoms with E-state index >= 15 is 0 Å². The smallest absolute Gasteiger partial charge is 0.0681 e. The van der Waals surface area contributed by atoms with Crippen molar-refractivity contribution in [2.24, 2.45) is 0 Å². The molecule has 0 aliphatic rings. The average molecular weight is 273 g/mol. The SMILES string of the molecule is COCCC(C)(O)Cc1ccc(Br)cc1. The molecule has 0 aliphatic heterocycles. The lowest BCUT2D eigenvalue weighted by atomic mass is 9.94. The van der Waals surface area contributed by atoms with Gasteiger partial charge in [0.25, 0.3) is 0 Å². The van der Waals surface area contributed by atoms with Crippen molar-refractivity contribution < 1.29 is 9.84 Å². The largest absolute Gasteiger partial charge is 0.390 e. The Morgan fingerprint density at radius 3 is 2.47 bits per heavy atom. The second kappa shape index (κ2) is 5.64. The van der Waals surface area contributed by atoms with Crippen molar-refractivity contribution in [3.63, 3.8) is 0 Å². The van der Waals surface area contributed by atoms with Crippen LogP contribution < -0.4 is 0 Å². The first-order valence-electron chi connectivity index (χ1n) is 4.99. The van der Waals surface area contributed by atoms with Crippen LogP contribution in [-0.2, 0) is 11.2 Å². The summed E-state index contributed by atoms with van der Waals surface area (Å²) in [5.41, 5.74) is 0.448. The molecule has 1 atom stereocenters. The molecule has 1 unspecified atom stereocenters. The van der Waals surface area contributed by atoms with Crippen molar-refractivity contribution >= 4 is 15.9 Å². The van der Waals surface area contributed by atoms with E-state index in [1.54, 1.807) is 7.11 Å². The minimum absolute atomic E-state index is 0.587. The topological polar surface area (TPSA) is 29.5 Å². The monoisotopic (exact) mass is 272 g/mol. The molecule has 0 aliphatic carbocycles. The van der Waals surface area contributed by atoms with Crippen LogP contribution in [0.2, 0.25) is 0 Å². The van der Waals surface area contributed by atoms with Gasteiger partial charge in [0.1, 0.15) is 0 Å². The number of ether oxygens (including phenoxy) is 1. The maximum Gasteiger partial charge on any atom is 0.0681 e. The predicted octanol–water partition coefficient (Wildman–Crippen LogP) is 2.78. The summed E-state index contributed by atoms with van der Waals surface area (Å²) in [6.45, 7) is 2.43. The lowest BCUT2D eigenvalue weighted by Crippen LogP contribution is -2.28. The first-order valence-corrected chi connectivity index (χ1v) is 5.78. The maximum absolute atomic E-state index is 10.1. The molecule has 1 aromatic rings. The van der Waals surface area contributed by atoms with Gasteiger partial charge < -0.3 is 9.84 Å².